The lowest BCUT2D eigenvalue weighted by Gasteiger charge is -2.36. The van der Waals surface area contributed by atoms with Crippen LogP contribution in [0.4, 0.5) is 4.39 Å². The number of nitrogens with zero attached hydrogens (tertiary/aromatic N) is 2. The number of likely N-dealkylation sites (N-methyl/N-ethyl adjacent to an activating group) is 1. The van der Waals surface area contributed by atoms with Gasteiger partial charge in [0.15, 0.2) is 0 Å². The van der Waals surface area contributed by atoms with Crippen molar-refractivity contribution in [1.29, 1.82) is 0 Å². The Morgan fingerprint density at radius 1 is 1.35 bits per heavy atom. The van der Waals surface area contributed by atoms with Crippen LogP contribution in [-0.2, 0) is 14.3 Å². The third-order valence-electron chi connectivity index (χ3n) is 4.10. The quantitative estimate of drug-likeness (QED) is 0.879. The summed E-state index contributed by atoms with van der Waals surface area (Å²) < 4.78 is 18.9. The third-order valence-corrected chi connectivity index (χ3v) is 4.10. The van der Waals surface area contributed by atoms with Crippen molar-refractivity contribution in [2.75, 3.05) is 33.4 Å². The van der Waals surface area contributed by atoms with Crippen molar-refractivity contribution in [2.45, 2.75) is 19.0 Å². The Hall–Kier alpha value is -1.99. The minimum atomic E-state index is -1.08. The van der Waals surface area contributed by atoms with Crippen LogP contribution in [0.3, 0.4) is 0 Å². The second-order valence-electron chi connectivity index (χ2n) is 5.57. The van der Waals surface area contributed by atoms with Gasteiger partial charge in [-0.2, -0.15) is 0 Å². The SMILES string of the molecule is C[C@H](C(=O)O)N(C)C(=O)[C@H](c1cccc(F)c1)N1CCOCC1. The maximum Gasteiger partial charge on any atom is 0.326 e. The zero-order chi connectivity index (χ0) is 17.0. The summed E-state index contributed by atoms with van der Waals surface area (Å²) in [7, 11) is 1.45. The zero-order valence-electron chi connectivity index (χ0n) is 13.2. The summed E-state index contributed by atoms with van der Waals surface area (Å²) in [4.78, 5) is 27.1. The molecule has 1 aromatic rings. The standard InChI is InChI=1S/C16H21FN2O4/c1-11(16(21)22)18(2)15(20)14(19-6-8-23-9-7-19)12-4-3-5-13(17)10-12/h3-5,10-11,14H,6-9H2,1-2H3,(H,21,22)/t11-,14+/m1/s1. The molecule has 2 rings (SSSR count). The molecule has 0 radical (unpaired) electrons. The molecular formula is C16H21FN2O4. The molecule has 0 bridgehead atoms. The minimum Gasteiger partial charge on any atom is -0.480 e. The first kappa shape index (κ1) is 17.4. The summed E-state index contributed by atoms with van der Waals surface area (Å²) in [5.41, 5.74) is 0.515. The predicted octanol–water partition coefficient (Wildman–Crippen LogP) is 1.13. The van der Waals surface area contributed by atoms with Crippen LogP contribution in [0, 0.1) is 5.82 Å². The van der Waals surface area contributed by atoms with Gasteiger partial charge in [-0.05, 0) is 24.6 Å². The van der Waals surface area contributed by atoms with Crippen LogP contribution in [0.1, 0.15) is 18.5 Å². The first-order valence-electron chi connectivity index (χ1n) is 7.48. The molecule has 0 aromatic heterocycles. The van der Waals surface area contributed by atoms with Crippen LogP contribution < -0.4 is 0 Å². The molecule has 1 fully saturated rings. The van der Waals surface area contributed by atoms with E-state index in [4.69, 9.17) is 9.84 Å². The Balaban J connectivity index is 2.32. The van der Waals surface area contributed by atoms with E-state index in [1.807, 2.05) is 4.90 Å². The average Bonchev–Trinajstić information content (AvgIpc) is 2.54. The van der Waals surface area contributed by atoms with Gasteiger partial charge in [-0.3, -0.25) is 9.69 Å². The van der Waals surface area contributed by atoms with Crippen molar-refractivity contribution in [3.05, 3.63) is 35.6 Å². The Bertz CT molecular complexity index is 575. The molecule has 0 spiro atoms. The highest BCUT2D eigenvalue weighted by Crippen LogP contribution is 2.25. The predicted molar refractivity (Wildman–Crippen MR) is 81.4 cm³/mol. The molecule has 1 aromatic carbocycles. The number of benzene rings is 1. The van der Waals surface area contributed by atoms with E-state index in [1.54, 1.807) is 12.1 Å². The van der Waals surface area contributed by atoms with Crippen molar-refractivity contribution in [3.8, 4) is 0 Å². The van der Waals surface area contributed by atoms with Crippen LogP contribution >= 0.6 is 0 Å². The van der Waals surface area contributed by atoms with E-state index in [0.717, 1.165) is 0 Å². The number of hydrogen-bond acceptors (Lipinski definition) is 4. The first-order valence-corrected chi connectivity index (χ1v) is 7.48. The van der Waals surface area contributed by atoms with Crippen molar-refractivity contribution in [1.82, 2.24) is 9.80 Å². The van der Waals surface area contributed by atoms with Gasteiger partial charge in [0, 0.05) is 20.1 Å². The molecule has 1 saturated heterocycles. The fourth-order valence-electron chi connectivity index (χ4n) is 2.57. The highest BCUT2D eigenvalue weighted by molar-refractivity contribution is 5.87. The van der Waals surface area contributed by atoms with Gasteiger partial charge in [0.05, 0.1) is 13.2 Å². The van der Waals surface area contributed by atoms with Crippen molar-refractivity contribution in [3.63, 3.8) is 0 Å². The number of ether oxygens (including phenoxy) is 1. The molecule has 2 atom stereocenters. The van der Waals surface area contributed by atoms with Crippen molar-refractivity contribution < 1.29 is 23.8 Å². The summed E-state index contributed by atoms with van der Waals surface area (Å²) >= 11 is 0. The third kappa shape index (κ3) is 4.05. The number of rotatable bonds is 5. The summed E-state index contributed by atoms with van der Waals surface area (Å²) in [6.45, 7) is 3.47. The number of hydrogen-bond donors (Lipinski definition) is 1. The normalized spacial score (nSPS) is 18.2. The number of carbonyl (C=O) groups is 2. The highest BCUT2D eigenvalue weighted by Gasteiger charge is 2.34. The fraction of sp³-hybridized carbons (Fsp3) is 0.500. The smallest absolute Gasteiger partial charge is 0.326 e. The van der Waals surface area contributed by atoms with Crippen LogP contribution in [0.2, 0.25) is 0 Å². The monoisotopic (exact) mass is 324 g/mol. The van der Waals surface area contributed by atoms with Crippen molar-refractivity contribution in [2.24, 2.45) is 0 Å². The van der Waals surface area contributed by atoms with E-state index in [0.29, 0.717) is 31.9 Å². The summed E-state index contributed by atoms with van der Waals surface area (Å²) in [5, 5.41) is 9.12. The molecular weight excluding hydrogens is 303 g/mol. The summed E-state index contributed by atoms with van der Waals surface area (Å²) in [5.74, 6) is -1.88. The van der Waals surface area contributed by atoms with E-state index in [-0.39, 0.29) is 5.91 Å². The Morgan fingerprint density at radius 3 is 2.57 bits per heavy atom. The van der Waals surface area contributed by atoms with E-state index in [9.17, 15) is 14.0 Å². The summed E-state index contributed by atoms with van der Waals surface area (Å²) in [6, 6.07) is 4.18. The second-order valence-corrected chi connectivity index (χ2v) is 5.57. The van der Waals surface area contributed by atoms with Crippen LogP contribution in [0.15, 0.2) is 24.3 Å². The number of carboxylic acid groups (broad SMARTS) is 1. The van der Waals surface area contributed by atoms with Crippen LogP contribution in [0.25, 0.3) is 0 Å². The molecule has 126 valence electrons. The summed E-state index contributed by atoms with van der Waals surface area (Å²) in [6.07, 6.45) is 0. The van der Waals surface area contributed by atoms with Gasteiger partial charge >= 0.3 is 5.97 Å². The first-order chi connectivity index (χ1) is 10.9. The second kappa shape index (κ2) is 7.52. The van der Waals surface area contributed by atoms with Gasteiger partial charge in [-0.25, -0.2) is 9.18 Å². The number of halogens is 1. The van der Waals surface area contributed by atoms with E-state index < -0.39 is 23.9 Å². The van der Waals surface area contributed by atoms with Gasteiger partial charge in [0.25, 0.3) is 0 Å². The maximum atomic E-state index is 13.6. The van der Waals surface area contributed by atoms with Crippen LogP contribution in [0.5, 0.6) is 0 Å². The number of carbonyl (C=O) groups excluding carboxylic acids is 1. The van der Waals surface area contributed by atoms with Crippen molar-refractivity contribution >= 4 is 11.9 Å². The largest absolute Gasteiger partial charge is 0.480 e. The van der Waals surface area contributed by atoms with E-state index >= 15 is 0 Å². The average molecular weight is 324 g/mol. The Morgan fingerprint density at radius 2 is 2.00 bits per heavy atom. The van der Waals surface area contributed by atoms with E-state index in [1.165, 1.54) is 31.0 Å². The van der Waals surface area contributed by atoms with Crippen LogP contribution in [-0.4, -0.2) is 66.2 Å². The molecule has 0 aliphatic carbocycles. The van der Waals surface area contributed by atoms with Gasteiger partial charge in [0.1, 0.15) is 17.9 Å². The fourth-order valence-corrected chi connectivity index (χ4v) is 2.57. The zero-order valence-corrected chi connectivity index (χ0v) is 13.2. The van der Waals surface area contributed by atoms with Gasteiger partial charge in [-0.15, -0.1) is 0 Å². The molecule has 6 nitrogen and oxygen atoms in total. The molecule has 1 aliphatic heterocycles. The number of morpholine rings is 1. The van der Waals surface area contributed by atoms with Gasteiger partial charge in [0.2, 0.25) is 5.91 Å². The maximum absolute atomic E-state index is 13.6. The molecule has 1 heterocycles. The lowest BCUT2D eigenvalue weighted by atomic mass is 10.0. The Kier molecular flexibility index (Phi) is 5.68. The molecule has 1 amide bonds. The number of aliphatic carboxylic acids is 1. The molecule has 7 heteroatoms. The molecule has 1 aliphatic rings. The van der Waals surface area contributed by atoms with Gasteiger partial charge < -0.3 is 14.7 Å². The highest BCUT2D eigenvalue weighted by atomic mass is 19.1. The molecule has 0 unspecified atom stereocenters. The molecule has 23 heavy (non-hydrogen) atoms. The molecule has 1 N–H and O–H groups in total. The molecule has 0 saturated carbocycles. The topological polar surface area (TPSA) is 70.1 Å². The lowest BCUT2D eigenvalue weighted by molar-refractivity contribution is -0.151. The lowest BCUT2D eigenvalue weighted by Crippen LogP contribution is -2.49. The Labute approximate surface area is 134 Å². The number of carboxylic acids is 1. The van der Waals surface area contributed by atoms with Gasteiger partial charge in [-0.1, -0.05) is 12.1 Å². The number of amides is 1. The van der Waals surface area contributed by atoms with E-state index in [2.05, 4.69) is 0 Å². The minimum absolute atomic E-state index is 0.368.